The zero-order valence-electron chi connectivity index (χ0n) is 35.6. The fraction of sp³-hybridized carbons (Fsp3) is 0.523. The van der Waals surface area contributed by atoms with E-state index in [2.05, 4.69) is 4.98 Å². The lowest BCUT2D eigenvalue weighted by Crippen LogP contribution is -2.60. The second kappa shape index (κ2) is 17.1. The largest absolute Gasteiger partial charge is 0.481 e. The van der Waals surface area contributed by atoms with Crippen LogP contribution in [-0.4, -0.2) is 117 Å². The number of aliphatic imine (C=N–C) groups is 3. The second-order valence-electron chi connectivity index (χ2n) is 17.8. The smallest absolute Gasteiger partial charge is 0.307 e. The molecule has 20 nitrogen and oxygen atoms in total. The average Bonchev–Trinajstić information content (AvgIpc) is 3.78. The molecule has 7 atom stereocenters. The molecule has 342 valence electrons. The van der Waals surface area contributed by atoms with Crippen LogP contribution in [0.2, 0.25) is 0 Å². The highest BCUT2D eigenvalue weighted by molar-refractivity contribution is 6.18. The number of carboxylic acid groups (broad SMARTS) is 7. The van der Waals surface area contributed by atoms with Crippen LogP contribution in [0.4, 0.5) is 0 Å². The van der Waals surface area contributed by atoms with Crippen LogP contribution in [0.3, 0.4) is 0 Å². The van der Waals surface area contributed by atoms with E-state index in [4.69, 9.17) is 19.7 Å². The van der Waals surface area contributed by atoms with Gasteiger partial charge in [0.2, 0.25) is 0 Å². The summed E-state index contributed by atoms with van der Waals surface area (Å²) in [7, 11) is 0. The van der Waals surface area contributed by atoms with Crippen molar-refractivity contribution in [3.63, 3.8) is 0 Å². The van der Waals surface area contributed by atoms with Gasteiger partial charge in [-0.1, -0.05) is 20.8 Å². The molecule has 0 aromatic carbocycles. The van der Waals surface area contributed by atoms with Gasteiger partial charge in [0.15, 0.2) is 0 Å². The summed E-state index contributed by atoms with van der Waals surface area (Å²) in [4.78, 5) is 119. The van der Waals surface area contributed by atoms with Gasteiger partial charge in [-0.05, 0) is 67.5 Å². The fourth-order valence-corrected chi connectivity index (χ4v) is 10.7. The van der Waals surface area contributed by atoms with E-state index >= 15 is 0 Å². The number of H-pyrrole nitrogens is 1. The van der Waals surface area contributed by atoms with Crippen LogP contribution in [0.15, 0.2) is 38.0 Å². The third-order valence-corrected chi connectivity index (χ3v) is 13.8. The van der Waals surface area contributed by atoms with Gasteiger partial charge in [-0.25, -0.2) is 0 Å². The van der Waals surface area contributed by atoms with Crippen LogP contribution in [0.1, 0.15) is 103 Å². The van der Waals surface area contributed by atoms with Gasteiger partial charge in [0.25, 0.3) is 0 Å². The third kappa shape index (κ3) is 8.27. The van der Waals surface area contributed by atoms with E-state index in [1.165, 1.54) is 25.2 Å². The topological polar surface area (TPSA) is 340 Å². The van der Waals surface area contributed by atoms with Crippen LogP contribution in [0.25, 0.3) is 12.2 Å². The number of esters is 1. The Balaban J connectivity index is 1.86. The number of hydrogen-bond donors (Lipinski definition) is 8. The van der Waals surface area contributed by atoms with E-state index in [0.717, 1.165) is 0 Å². The van der Waals surface area contributed by atoms with Crippen molar-refractivity contribution in [3.05, 3.63) is 44.9 Å². The van der Waals surface area contributed by atoms with Crippen molar-refractivity contribution in [1.82, 2.24) is 4.98 Å². The van der Waals surface area contributed by atoms with Crippen molar-refractivity contribution >= 4 is 77.0 Å². The maximum Gasteiger partial charge on any atom is 0.307 e. The number of aromatic nitrogens is 1. The number of hydrogen-bond acceptors (Lipinski definition) is 12. The Hall–Kier alpha value is -6.73. The summed E-state index contributed by atoms with van der Waals surface area (Å²) in [5.41, 5.74) is -5.31. The highest BCUT2D eigenvalue weighted by Gasteiger charge is 2.69. The van der Waals surface area contributed by atoms with E-state index in [9.17, 15) is 74.1 Å². The van der Waals surface area contributed by atoms with Crippen molar-refractivity contribution in [1.29, 1.82) is 0 Å². The summed E-state index contributed by atoms with van der Waals surface area (Å²) in [5.74, 6) is -11.3. The number of aromatic amines is 1. The van der Waals surface area contributed by atoms with E-state index in [1.54, 1.807) is 20.8 Å². The number of carbonyl (C=O) groups is 8. The first-order valence-electron chi connectivity index (χ1n) is 20.7. The maximum absolute atomic E-state index is 13.6. The zero-order chi connectivity index (χ0) is 47.3. The molecular formula is C44H50N4O16. The molecule has 8 bridgehead atoms. The minimum Gasteiger partial charge on any atom is -0.481 e. The van der Waals surface area contributed by atoms with E-state index in [0.29, 0.717) is 0 Å². The number of nitrogens with one attached hydrogen (secondary N) is 1. The van der Waals surface area contributed by atoms with E-state index < -0.39 is 132 Å². The Morgan fingerprint density at radius 3 is 1.88 bits per heavy atom. The molecule has 1 aromatic heterocycles. The van der Waals surface area contributed by atoms with Crippen molar-refractivity contribution in [3.8, 4) is 0 Å². The number of rotatable bonds is 18. The SMILES string of the molecule is CC1OC(=O)C[C@@]2(C)[C@H](CCC(=O)O)C3=NC12C1=C(CC(=O)O)[C@@](C)(CCC(=O)O)C(=N1)C=c1[nH]c(c(CC(=O)O)c1CCC(=O)O)=CC1=NC(=C3)[C@@](C)(CC(=O)O)[C@@H]1CCC(=O)O. The number of carbonyl (C=O) groups excluding carboxylic acids is 1. The van der Waals surface area contributed by atoms with Crippen molar-refractivity contribution in [2.24, 2.45) is 43.1 Å². The Bertz CT molecular complexity index is 2560. The van der Waals surface area contributed by atoms with E-state index in [1.807, 2.05) is 0 Å². The molecule has 1 spiro atoms. The summed E-state index contributed by atoms with van der Waals surface area (Å²) in [6.07, 6.45) is -1.73. The van der Waals surface area contributed by atoms with Gasteiger partial charge < -0.3 is 45.5 Å². The quantitative estimate of drug-likeness (QED) is 0.0982. The third-order valence-electron chi connectivity index (χ3n) is 13.8. The molecule has 6 heterocycles. The normalized spacial score (nSPS) is 29.1. The average molecular weight is 891 g/mol. The summed E-state index contributed by atoms with van der Waals surface area (Å²) in [5, 5.41) is 71.0. The number of ether oxygens (including phenoxy) is 1. The highest BCUT2D eigenvalue weighted by atomic mass is 16.5. The molecule has 5 aliphatic rings. The molecule has 2 unspecified atom stereocenters. The van der Waals surface area contributed by atoms with Crippen molar-refractivity contribution in [2.45, 2.75) is 116 Å². The summed E-state index contributed by atoms with van der Waals surface area (Å²) in [6, 6.07) is 0. The number of cyclic esters (lactones) is 1. The Labute approximate surface area is 364 Å². The van der Waals surface area contributed by atoms with Gasteiger partial charge in [-0.3, -0.25) is 53.3 Å². The number of nitrogens with zero attached hydrogens (tertiary/aromatic N) is 3. The monoisotopic (exact) mass is 890 g/mol. The van der Waals surface area contributed by atoms with Gasteiger partial charge in [0.1, 0.15) is 11.6 Å². The van der Waals surface area contributed by atoms with Crippen LogP contribution in [0.5, 0.6) is 0 Å². The summed E-state index contributed by atoms with van der Waals surface area (Å²) >= 11 is 0. The maximum atomic E-state index is 13.6. The second-order valence-corrected chi connectivity index (χ2v) is 17.8. The number of carboxylic acids is 7. The molecule has 5 aliphatic heterocycles. The Morgan fingerprint density at radius 2 is 1.30 bits per heavy atom. The molecule has 64 heavy (non-hydrogen) atoms. The van der Waals surface area contributed by atoms with Gasteiger partial charge >= 0.3 is 47.8 Å². The lowest BCUT2D eigenvalue weighted by molar-refractivity contribution is -0.169. The van der Waals surface area contributed by atoms with Gasteiger partial charge in [0.05, 0.1) is 37.1 Å². The lowest BCUT2D eigenvalue weighted by Gasteiger charge is -2.51. The molecule has 0 aliphatic carbocycles. The van der Waals surface area contributed by atoms with Gasteiger partial charge in [-0.15, -0.1) is 0 Å². The molecule has 1 aromatic rings. The molecule has 20 heteroatoms. The van der Waals surface area contributed by atoms with Gasteiger partial charge in [0, 0.05) is 81.6 Å². The van der Waals surface area contributed by atoms with Crippen molar-refractivity contribution < 1.29 is 78.8 Å². The van der Waals surface area contributed by atoms with Crippen molar-refractivity contribution in [2.75, 3.05) is 0 Å². The Morgan fingerprint density at radius 1 is 0.703 bits per heavy atom. The first-order valence-corrected chi connectivity index (χ1v) is 20.7. The number of fused-ring (bicyclic) bond motifs is 4. The molecule has 8 N–H and O–H groups in total. The minimum absolute atomic E-state index is 0.0135. The van der Waals surface area contributed by atoms with Crippen LogP contribution in [0, 0.1) is 28.1 Å². The number of allylic oxidation sites excluding steroid dienone is 2. The molecule has 6 rings (SSSR count). The molecule has 1 saturated heterocycles. The molecular weight excluding hydrogens is 840 g/mol. The van der Waals surface area contributed by atoms with Crippen LogP contribution < -0.4 is 10.7 Å². The van der Waals surface area contributed by atoms with E-state index in [-0.39, 0.29) is 88.0 Å². The van der Waals surface area contributed by atoms with Crippen LogP contribution in [-0.2, 0) is 55.9 Å². The van der Waals surface area contributed by atoms with Gasteiger partial charge in [-0.2, -0.15) is 0 Å². The van der Waals surface area contributed by atoms with Crippen LogP contribution >= 0.6 is 0 Å². The molecule has 0 amide bonds. The standard InChI is InChI=1S/C44H50N4O16/c1-20-44-40-25(14-37(59)60)41(2,12-11-35(55)56)30(47-40)16-27-21(5-8-32(49)50)22(13-36(57)58)26(45-27)15-28-23(6-9-33(51)52)42(3,18-38(61)62)31(46-28)17-29(48-44)24(7-10-34(53)54)43(44,4)19-39(63)64-20/h15-17,20,23-24,45H,5-14,18-19H2,1-4H3,(H,49,50)(H,51,52)(H,53,54)(H,55,56)(H,57,58)(H,59,60)(H,61,62)/t20?,23-,24-,41-,42+,43+,44?/m1/s1. The molecule has 1 fully saturated rings. The first kappa shape index (κ1) is 46.8. The number of aliphatic carboxylic acids is 7. The summed E-state index contributed by atoms with van der Waals surface area (Å²) in [6.45, 7) is 6.40. The highest BCUT2D eigenvalue weighted by Crippen LogP contribution is 2.63. The predicted octanol–water partition coefficient (Wildman–Crippen LogP) is 2.60. The fourth-order valence-electron chi connectivity index (χ4n) is 10.7. The first-order chi connectivity index (χ1) is 29.9. The molecule has 0 radical (unpaired) electrons. The molecule has 0 saturated carbocycles. The lowest BCUT2D eigenvalue weighted by atomic mass is 9.56. The summed E-state index contributed by atoms with van der Waals surface area (Å²) < 4.78 is 5.93. The Kier molecular flexibility index (Phi) is 12.5. The predicted molar refractivity (Wildman–Crippen MR) is 223 cm³/mol. The zero-order valence-corrected chi connectivity index (χ0v) is 35.6. The minimum atomic E-state index is -1.80.